The van der Waals surface area contributed by atoms with Gasteiger partial charge in [-0.3, -0.25) is 24.0 Å². The lowest BCUT2D eigenvalue weighted by molar-refractivity contribution is -0.138. The summed E-state index contributed by atoms with van der Waals surface area (Å²) in [4.78, 5) is 63.6. The summed E-state index contributed by atoms with van der Waals surface area (Å²) in [6.45, 7) is 0.00858. The van der Waals surface area contributed by atoms with E-state index in [0.29, 0.717) is 13.0 Å². The number of amides is 4. The van der Waals surface area contributed by atoms with Gasteiger partial charge in [0, 0.05) is 23.5 Å². The molecule has 2 heterocycles. The lowest BCUT2D eigenvalue weighted by Gasteiger charge is -2.23. The van der Waals surface area contributed by atoms with Gasteiger partial charge in [0.05, 0.1) is 12.5 Å². The second kappa shape index (κ2) is 11.3. The van der Waals surface area contributed by atoms with Gasteiger partial charge < -0.3 is 37.1 Å². The number of para-hydroxylation sites is 1. The van der Waals surface area contributed by atoms with Gasteiger partial charge in [0.1, 0.15) is 18.6 Å². The quantitative estimate of drug-likeness (QED) is 0.207. The highest BCUT2D eigenvalue weighted by Crippen LogP contribution is 2.19. The van der Waals surface area contributed by atoms with Crippen LogP contribution in [-0.2, 0) is 30.4 Å². The highest BCUT2D eigenvalue weighted by atomic mass is 16.4. The predicted octanol–water partition coefficient (Wildman–Crippen LogP) is -1.49. The number of nitrogens with two attached hydrogens (primary N) is 1. The molecule has 1 aromatic heterocycles. The number of rotatable bonds is 11. The molecule has 0 saturated carbocycles. The summed E-state index contributed by atoms with van der Waals surface area (Å²) in [7, 11) is 0. The van der Waals surface area contributed by atoms with E-state index in [9.17, 15) is 24.0 Å². The lowest BCUT2D eigenvalue weighted by Crippen LogP contribution is -2.57. The smallest absolute Gasteiger partial charge is 0.322 e. The molecular formula is C22H28N6O6. The Morgan fingerprint density at radius 3 is 2.53 bits per heavy atom. The maximum absolute atomic E-state index is 13.2. The SMILES string of the molecule is NC(=O)CC(NC(=O)C(Cc1c[nH]c2ccccc12)NC(=O)C1CCCN1)C(=O)NCC(=O)O. The highest BCUT2D eigenvalue weighted by molar-refractivity contribution is 5.96. The third kappa shape index (κ3) is 6.54. The minimum atomic E-state index is -1.39. The Morgan fingerprint density at radius 1 is 1.09 bits per heavy atom. The number of carbonyl (C=O) groups excluding carboxylic acids is 4. The molecule has 12 nitrogen and oxygen atoms in total. The summed E-state index contributed by atoms with van der Waals surface area (Å²) in [6.07, 6.45) is 2.80. The van der Waals surface area contributed by atoms with Crippen LogP contribution in [0.2, 0.25) is 0 Å². The van der Waals surface area contributed by atoms with Gasteiger partial charge in [-0.2, -0.15) is 0 Å². The number of aliphatic carboxylic acids is 1. The van der Waals surface area contributed by atoms with Crippen LogP contribution in [0.15, 0.2) is 30.5 Å². The number of hydrogen-bond donors (Lipinski definition) is 7. The number of carbonyl (C=O) groups is 5. The molecule has 3 atom stereocenters. The molecule has 1 fully saturated rings. The Kier molecular flexibility index (Phi) is 8.19. The first-order valence-electron chi connectivity index (χ1n) is 10.9. The number of primary amides is 1. The fraction of sp³-hybridized carbons (Fsp3) is 0.409. The van der Waals surface area contributed by atoms with E-state index >= 15 is 0 Å². The van der Waals surface area contributed by atoms with Crippen LogP contribution in [0, 0.1) is 0 Å². The summed E-state index contributed by atoms with van der Waals surface area (Å²) in [5.41, 5.74) is 6.84. The number of aromatic amines is 1. The van der Waals surface area contributed by atoms with Gasteiger partial charge >= 0.3 is 5.97 Å². The van der Waals surface area contributed by atoms with E-state index in [1.807, 2.05) is 24.3 Å². The van der Waals surface area contributed by atoms with Gasteiger partial charge in [0.25, 0.3) is 0 Å². The Balaban J connectivity index is 1.79. The molecule has 182 valence electrons. The number of carboxylic acid groups (broad SMARTS) is 1. The van der Waals surface area contributed by atoms with E-state index in [4.69, 9.17) is 10.8 Å². The Hall–Kier alpha value is -3.93. The van der Waals surface area contributed by atoms with Crippen LogP contribution in [0.5, 0.6) is 0 Å². The van der Waals surface area contributed by atoms with Gasteiger partial charge in [-0.25, -0.2) is 0 Å². The van der Waals surface area contributed by atoms with Crippen molar-refractivity contribution < 1.29 is 29.1 Å². The standard InChI is InChI=1S/C22H28N6O6/c23-18(29)9-17(20(32)26-11-19(30)31)28-22(34)16(27-21(33)15-6-3-7-24-15)8-12-10-25-14-5-2-1-4-13(12)14/h1-2,4-5,10,15-17,24-25H,3,6-9,11H2,(H2,23,29)(H,26,32)(H,27,33)(H,28,34)(H,30,31). The van der Waals surface area contributed by atoms with Crippen LogP contribution < -0.4 is 27.0 Å². The first-order chi connectivity index (χ1) is 16.2. The average Bonchev–Trinajstić information content (AvgIpc) is 3.47. The largest absolute Gasteiger partial charge is 0.480 e. The van der Waals surface area contributed by atoms with Crippen LogP contribution in [0.1, 0.15) is 24.8 Å². The molecule has 1 aliphatic heterocycles. The molecule has 4 amide bonds. The minimum Gasteiger partial charge on any atom is -0.480 e. The van der Waals surface area contributed by atoms with Crippen LogP contribution >= 0.6 is 0 Å². The zero-order valence-electron chi connectivity index (χ0n) is 18.4. The molecule has 1 saturated heterocycles. The van der Waals surface area contributed by atoms with E-state index in [-0.39, 0.29) is 12.3 Å². The molecule has 3 rings (SSSR count). The molecular weight excluding hydrogens is 444 g/mol. The van der Waals surface area contributed by atoms with Gasteiger partial charge in [-0.05, 0) is 31.0 Å². The van der Waals surface area contributed by atoms with Crippen molar-refractivity contribution >= 4 is 40.5 Å². The first kappa shape index (κ1) is 24.7. The second-order valence-electron chi connectivity index (χ2n) is 8.12. The number of H-pyrrole nitrogens is 1. The van der Waals surface area contributed by atoms with E-state index < -0.39 is 54.8 Å². The molecule has 8 N–H and O–H groups in total. The van der Waals surface area contributed by atoms with Gasteiger partial charge in [-0.15, -0.1) is 0 Å². The third-order valence-corrected chi connectivity index (χ3v) is 5.56. The van der Waals surface area contributed by atoms with Crippen LogP contribution in [0.4, 0.5) is 0 Å². The normalized spacial score (nSPS) is 17.0. The summed E-state index contributed by atoms with van der Waals surface area (Å²) in [5.74, 6) is -4.06. The van der Waals surface area contributed by atoms with Crippen molar-refractivity contribution in [2.24, 2.45) is 5.73 Å². The maximum Gasteiger partial charge on any atom is 0.322 e. The van der Waals surface area contributed by atoms with Crippen molar-refractivity contribution in [3.8, 4) is 0 Å². The second-order valence-corrected chi connectivity index (χ2v) is 8.12. The Morgan fingerprint density at radius 2 is 1.85 bits per heavy atom. The molecule has 0 aliphatic carbocycles. The molecule has 3 unspecified atom stereocenters. The Bertz CT molecular complexity index is 1080. The summed E-state index contributed by atoms with van der Waals surface area (Å²) in [6, 6.07) is 4.60. The highest BCUT2D eigenvalue weighted by Gasteiger charge is 2.31. The topological polar surface area (TPSA) is 196 Å². The summed E-state index contributed by atoms with van der Waals surface area (Å²) >= 11 is 0. The van der Waals surface area contributed by atoms with E-state index in [0.717, 1.165) is 22.9 Å². The number of hydrogen-bond acceptors (Lipinski definition) is 6. The number of nitrogens with one attached hydrogen (secondary N) is 5. The molecule has 0 bridgehead atoms. The van der Waals surface area contributed by atoms with Crippen LogP contribution in [0.25, 0.3) is 10.9 Å². The van der Waals surface area contributed by atoms with Crippen molar-refractivity contribution in [1.29, 1.82) is 0 Å². The zero-order chi connectivity index (χ0) is 24.7. The average molecular weight is 473 g/mol. The zero-order valence-corrected chi connectivity index (χ0v) is 18.4. The van der Waals surface area contributed by atoms with Crippen molar-refractivity contribution in [3.63, 3.8) is 0 Å². The van der Waals surface area contributed by atoms with Crippen LogP contribution in [-0.4, -0.2) is 70.9 Å². The number of aromatic nitrogens is 1. The molecule has 2 aromatic rings. The summed E-state index contributed by atoms with van der Waals surface area (Å²) < 4.78 is 0. The fourth-order valence-electron chi connectivity index (χ4n) is 3.88. The molecule has 0 radical (unpaired) electrons. The molecule has 1 aromatic carbocycles. The molecule has 1 aliphatic rings. The number of fused-ring (bicyclic) bond motifs is 1. The number of carboxylic acids is 1. The molecule has 12 heteroatoms. The van der Waals surface area contributed by atoms with E-state index in [1.54, 1.807) is 6.20 Å². The van der Waals surface area contributed by atoms with Gasteiger partial charge in [-0.1, -0.05) is 18.2 Å². The maximum atomic E-state index is 13.2. The van der Waals surface area contributed by atoms with Crippen molar-refractivity contribution in [3.05, 3.63) is 36.0 Å². The monoisotopic (exact) mass is 472 g/mol. The first-order valence-corrected chi connectivity index (χ1v) is 10.9. The predicted molar refractivity (Wildman–Crippen MR) is 121 cm³/mol. The molecule has 34 heavy (non-hydrogen) atoms. The van der Waals surface area contributed by atoms with Crippen molar-refractivity contribution in [2.45, 2.75) is 43.8 Å². The van der Waals surface area contributed by atoms with E-state index in [1.165, 1.54) is 0 Å². The van der Waals surface area contributed by atoms with Crippen molar-refractivity contribution in [2.75, 3.05) is 13.1 Å². The number of benzene rings is 1. The Labute approximate surface area is 195 Å². The lowest BCUT2D eigenvalue weighted by atomic mass is 10.0. The minimum absolute atomic E-state index is 0.119. The molecule has 0 spiro atoms. The van der Waals surface area contributed by atoms with E-state index in [2.05, 4.69) is 26.3 Å². The third-order valence-electron chi connectivity index (χ3n) is 5.56. The van der Waals surface area contributed by atoms with Gasteiger partial charge in [0.15, 0.2) is 0 Å². The van der Waals surface area contributed by atoms with Crippen molar-refractivity contribution in [1.82, 2.24) is 26.3 Å². The van der Waals surface area contributed by atoms with Gasteiger partial charge in [0.2, 0.25) is 23.6 Å². The van der Waals surface area contributed by atoms with Crippen LogP contribution in [0.3, 0.4) is 0 Å². The fourth-order valence-corrected chi connectivity index (χ4v) is 3.88. The summed E-state index contributed by atoms with van der Waals surface area (Å²) in [5, 5.41) is 20.0.